The zero-order valence-corrected chi connectivity index (χ0v) is 11.6. The lowest BCUT2D eigenvalue weighted by molar-refractivity contribution is -0.158. The normalized spacial score (nSPS) is 9.33. The highest BCUT2D eigenvalue weighted by Crippen LogP contribution is 1.80. The first-order valence-electron chi connectivity index (χ1n) is 6.38. The second-order valence-electron chi connectivity index (χ2n) is 3.52. The first kappa shape index (κ1) is 19.4. The monoisotopic (exact) mass is 262 g/mol. The van der Waals surface area contributed by atoms with Crippen LogP contribution in [0.15, 0.2) is 0 Å². The van der Waals surface area contributed by atoms with Crippen LogP contribution in [0.1, 0.15) is 33.6 Å². The molecule has 108 valence electrons. The summed E-state index contributed by atoms with van der Waals surface area (Å²) in [5.41, 5.74) is 0. The summed E-state index contributed by atoms with van der Waals surface area (Å²) in [4.78, 5) is 22.1. The number of carbonyl (C=O) groups is 2. The lowest BCUT2D eigenvalue weighted by Crippen LogP contribution is -2.31. The van der Waals surface area contributed by atoms with Crippen molar-refractivity contribution >= 4 is 11.9 Å². The highest BCUT2D eigenvalue weighted by molar-refractivity contribution is 5.87. The largest absolute Gasteiger partial charge is 0.397 e. The standard InChI is InChI=1S/C10H20N2O3.C2H6O/c1-3-5-11-7-9(13)15-10(14)8-12-6-4-2;1-2-3/h11-12H,3-8H2,1-2H3;3H,2H2,1H3. The number of esters is 2. The van der Waals surface area contributed by atoms with Crippen molar-refractivity contribution in [3.8, 4) is 0 Å². The molecule has 0 saturated carbocycles. The van der Waals surface area contributed by atoms with Crippen molar-refractivity contribution in [2.75, 3.05) is 32.8 Å². The van der Waals surface area contributed by atoms with Crippen molar-refractivity contribution in [2.24, 2.45) is 0 Å². The summed E-state index contributed by atoms with van der Waals surface area (Å²) < 4.78 is 4.54. The molecule has 18 heavy (non-hydrogen) atoms. The zero-order valence-electron chi connectivity index (χ0n) is 11.6. The molecule has 0 aliphatic heterocycles. The summed E-state index contributed by atoms with van der Waals surface area (Å²) in [6.07, 6.45) is 1.89. The van der Waals surface area contributed by atoms with E-state index in [4.69, 9.17) is 5.11 Å². The highest BCUT2D eigenvalue weighted by atomic mass is 16.6. The first-order chi connectivity index (χ1) is 8.62. The van der Waals surface area contributed by atoms with E-state index in [1.54, 1.807) is 6.92 Å². The number of hydrogen-bond acceptors (Lipinski definition) is 6. The quantitative estimate of drug-likeness (QED) is 0.325. The fourth-order valence-corrected chi connectivity index (χ4v) is 0.934. The van der Waals surface area contributed by atoms with Crippen LogP contribution in [0.2, 0.25) is 0 Å². The minimum Gasteiger partial charge on any atom is -0.397 e. The minimum absolute atomic E-state index is 0.0906. The SMILES string of the molecule is CCCNCC(=O)OC(=O)CNCCC.CCO. The number of carbonyl (C=O) groups excluding carboxylic acids is 2. The van der Waals surface area contributed by atoms with Gasteiger partial charge in [-0.2, -0.15) is 0 Å². The summed E-state index contributed by atoms with van der Waals surface area (Å²) in [5, 5.41) is 13.3. The number of aliphatic hydroxyl groups is 1. The lowest BCUT2D eigenvalue weighted by Gasteiger charge is -2.04. The van der Waals surface area contributed by atoms with Crippen LogP contribution in [0, 0.1) is 0 Å². The van der Waals surface area contributed by atoms with Gasteiger partial charge in [-0.25, -0.2) is 0 Å². The van der Waals surface area contributed by atoms with Gasteiger partial charge < -0.3 is 20.5 Å². The van der Waals surface area contributed by atoms with E-state index in [1.165, 1.54) is 0 Å². The molecular formula is C12H26N2O4. The van der Waals surface area contributed by atoms with Crippen LogP contribution in [0.5, 0.6) is 0 Å². The molecule has 3 N–H and O–H groups in total. The molecule has 6 nitrogen and oxygen atoms in total. The summed E-state index contributed by atoms with van der Waals surface area (Å²) in [7, 11) is 0. The maximum Gasteiger partial charge on any atom is 0.327 e. The lowest BCUT2D eigenvalue weighted by atomic mass is 10.4. The number of ether oxygens (including phenoxy) is 1. The summed E-state index contributed by atoms with van der Waals surface area (Å²) in [6, 6.07) is 0. The molecule has 0 amide bonds. The molecule has 0 aliphatic carbocycles. The van der Waals surface area contributed by atoms with Gasteiger partial charge in [-0.1, -0.05) is 13.8 Å². The van der Waals surface area contributed by atoms with E-state index >= 15 is 0 Å². The Kier molecular flexibility index (Phi) is 17.2. The van der Waals surface area contributed by atoms with Crippen LogP contribution in [0.3, 0.4) is 0 Å². The maximum atomic E-state index is 11.0. The third kappa shape index (κ3) is 17.4. The molecule has 0 radical (unpaired) electrons. The van der Waals surface area contributed by atoms with Crippen molar-refractivity contribution in [3.05, 3.63) is 0 Å². The molecule has 0 aromatic heterocycles. The number of rotatable bonds is 8. The second kappa shape index (κ2) is 16.0. The molecule has 0 aliphatic rings. The van der Waals surface area contributed by atoms with Crippen LogP contribution in [0.25, 0.3) is 0 Å². The Morgan fingerprint density at radius 1 is 0.944 bits per heavy atom. The fourth-order valence-electron chi connectivity index (χ4n) is 0.934. The third-order valence-corrected chi connectivity index (χ3v) is 1.62. The van der Waals surface area contributed by atoms with E-state index < -0.39 is 11.9 Å². The van der Waals surface area contributed by atoms with Crippen molar-refractivity contribution in [1.29, 1.82) is 0 Å². The molecule has 0 rings (SSSR count). The summed E-state index contributed by atoms with van der Waals surface area (Å²) in [6.45, 7) is 7.60. The minimum atomic E-state index is -0.522. The number of nitrogens with one attached hydrogen (secondary N) is 2. The van der Waals surface area contributed by atoms with Gasteiger partial charge in [0, 0.05) is 6.61 Å². The van der Waals surface area contributed by atoms with Crippen molar-refractivity contribution in [1.82, 2.24) is 10.6 Å². The van der Waals surface area contributed by atoms with Crippen LogP contribution < -0.4 is 10.6 Å². The van der Waals surface area contributed by atoms with Crippen molar-refractivity contribution in [2.45, 2.75) is 33.6 Å². The molecule has 0 aromatic carbocycles. The Labute approximate surface area is 109 Å². The zero-order chi connectivity index (χ0) is 14.2. The molecule has 0 atom stereocenters. The van der Waals surface area contributed by atoms with Gasteiger partial charge in [-0.05, 0) is 32.9 Å². The van der Waals surface area contributed by atoms with Gasteiger partial charge in [-0.15, -0.1) is 0 Å². The van der Waals surface area contributed by atoms with Gasteiger partial charge in [0.15, 0.2) is 0 Å². The molecule has 0 saturated heterocycles. The summed E-state index contributed by atoms with van der Waals surface area (Å²) in [5.74, 6) is -1.04. The second-order valence-corrected chi connectivity index (χ2v) is 3.52. The smallest absolute Gasteiger partial charge is 0.327 e. The first-order valence-corrected chi connectivity index (χ1v) is 6.38. The molecular weight excluding hydrogens is 236 g/mol. The van der Waals surface area contributed by atoms with Crippen LogP contribution >= 0.6 is 0 Å². The van der Waals surface area contributed by atoms with E-state index in [9.17, 15) is 9.59 Å². The molecule has 0 bridgehead atoms. The molecule has 6 heteroatoms. The van der Waals surface area contributed by atoms with Crippen molar-refractivity contribution in [3.63, 3.8) is 0 Å². The van der Waals surface area contributed by atoms with Crippen LogP contribution in [-0.4, -0.2) is 49.8 Å². The Hall–Kier alpha value is -0.980. The van der Waals surface area contributed by atoms with Gasteiger partial charge >= 0.3 is 11.9 Å². The molecule has 0 aromatic rings. The Balaban J connectivity index is 0. The maximum absolute atomic E-state index is 11.0. The van der Waals surface area contributed by atoms with E-state index in [-0.39, 0.29) is 19.7 Å². The number of hydrogen-bond donors (Lipinski definition) is 3. The van der Waals surface area contributed by atoms with E-state index in [0.29, 0.717) is 0 Å². The fraction of sp³-hybridized carbons (Fsp3) is 0.833. The van der Waals surface area contributed by atoms with E-state index in [2.05, 4.69) is 15.4 Å². The van der Waals surface area contributed by atoms with Crippen molar-refractivity contribution < 1.29 is 19.4 Å². The molecule has 0 heterocycles. The van der Waals surface area contributed by atoms with Gasteiger partial charge in [0.2, 0.25) is 0 Å². The Bertz CT molecular complexity index is 190. The average molecular weight is 262 g/mol. The van der Waals surface area contributed by atoms with Gasteiger partial charge in [0.1, 0.15) is 0 Å². The predicted octanol–water partition coefficient (Wildman–Crippen LogP) is 0.0540. The van der Waals surface area contributed by atoms with Gasteiger partial charge in [0.25, 0.3) is 0 Å². The highest BCUT2D eigenvalue weighted by Gasteiger charge is 2.08. The predicted molar refractivity (Wildman–Crippen MR) is 70.2 cm³/mol. The molecule has 0 spiro atoms. The number of aliphatic hydroxyl groups excluding tert-OH is 1. The summed E-state index contributed by atoms with van der Waals surface area (Å²) >= 11 is 0. The Morgan fingerprint density at radius 3 is 1.56 bits per heavy atom. The van der Waals surface area contributed by atoms with Gasteiger partial charge in [-0.3, -0.25) is 9.59 Å². The van der Waals surface area contributed by atoms with E-state index in [0.717, 1.165) is 25.9 Å². The topological polar surface area (TPSA) is 87.7 Å². The third-order valence-electron chi connectivity index (χ3n) is 1.62. The average Bonchev–Trinajstić information content (AvgIpc) is 2.30. The molecule has 0 unspecified atom stereocenters. The van der Waals surface area contributed by atoms with Gasteiger partial charge in [0.05, 0.1) is 13.1 Å². The van der Waals surface area contributed by atoms with Crippen LogP contribution in [-0.2, 0) is 14.3 Å². The van der Waals surface area contributed by atoms with E-state index in [1.807, 2.05) is 13.8 Å². The molecule has 0 fully saturated rings. The Morgan fingerprint density at radius 2 is 1.28 bits per heavy atom. The van der Waals surface area contributed by atoms with Crippen LogP contribution in [0.4, 0.5) is 0 Å².